The highest BCUT2D eigenvalue weighted by molar-refractivity contribution is 6.31. The van der Waals surface area contributed by atoms with Gasteiger partial charge in [0.25, 0.3) is 0 Å². The van der Waals surface area contributed by atoms with Crippen LogP contribution < -0.4 is 5.32 Å². The van der Waals surface area contributed by atoms with E-state index in [2.05, 4.69) is 5.32 Å². The van der Waals surface area contributed by atoms with Crippen LogP contribution in [0, 0.1) is 0 Å². The topological polar surface area (TPSA) is 113 Å². The van der Waals surface area contributed by atoms with Crippen molar-refractivity contribution in [2.45, 2.75) is 6.92 Å². The van der Waals surface area contributed by atoms with Crippen LogP contribution in [0.4, 0.5) is 5.69 Å². The van der Waals surface area contributed by atoms with Gasteiger partial charge in [-0.25, -0.2) is 4.79 Å². The Bertz CT molecular complexity index is 1120. The molecule has 0 atom stereocenters. The summed E-state index contributed by atoms with van der Waals surface area (Å²) < 4.78 is 5.45. The van der Waals surface area contributed by atoms with E-state index in [0.717, 1.165) is 0 Å². The summed E-state index contributed by atoms with van der Waals surface area (Å²) in [6, 6.07) is 10.5. The number of ether oxygens (including phenoxy) is 1. The molecule has 0 unspecified atom stereocenters. The molecule has 2 aromatic carbocycles. The minimum absolute atomic E-state index is 0.0724. The van der Waals surface area contributed by atoms with Gasteiger partial charge in [-0.2, -0.15) is 0 Å². The maximum absolute atomic E-state index is 12.4. The van der Waals surface area contributed by atoms with Crippen LogP contribution in [-0.2, 0) is 14.3 Å². The number of Topliss-reactive ketones (excluding diaryl/α,β-unsaturated/α-hetero) is 1. The number of carbonyl (C=O) groups is 4. The average Bonchev–Trinajstić information content (AvgIpc) is 2.76. The van der Waals surface area contributed by atoms with Crippen LogP contribution in [0.3, 0.4) is 0 Å². The van der Waals surface area contributed by atoms with Crippen molar-refractivity contribution in [2.75, 3.05) is 26.0 Å². The van der Waals surface area contributed by atoms with Crippen molar-refractivity contribution in [1.82, 2.24) is 4.90 Å². The van der Waals surface area contributed by atoms with Crippen LogP contribution in [0.25, 0.3) is 5.57 Å². The fourth-order valence-electron chi connectivity index (χ4n) is 3.02. The lowest BCUT2D eigenvalue weighted by Crippen LogP contribution is -2.27. The van der Waals surface area contributed by atoms with E-state index in [0.29, 0.717) is 33.7 Å². The van der Waals surface area contributed by atoms with Crippen LogP contribution in [0.1, 0.15) is 33.2 Å². The molecular weight excluding hydrogens is 448 g/mol. The van der Waals surface area contributed by atoms with E-state index in [1.54, 1.807) is 25.2 Å². The quantitative estimate of drug-likeness (QED) is 0.178. The molecule has 0 fully saturated rings. The third-order valence-corrected chi connectivity index (χ3v) is 4.75. The summed E-state index contributed by atoms with van der Waals surface area (Å²) >= 11 is 6.11. The van der Waals surface area contributed by atoms with Gasteiger partial charge in [-0.05, 0) is 61.0 Å². The molecule has 2 N–H and O–H groups in total. The first-order valence-corrected chi connectivity index (χ1v) is 10.1. The number of nitrogens with zero attached hydrogens (tertiary/aromatic N) is 1. The fraction of sp³-hybridized carbons (Fsp3) is 0.167. The number of aldehydes is 1. The summed E-state index contributed by atoms with van der Waals surface area (Å²) in [6.07, 6.45) is 3.35. The van der Waals surface area contributed by atoms with Gasteiger partial charge in [0.1, 0.15) is 12.0 Å². The van der Waals surface area contributed by atoms with E-state index >= 15 is 0 Å². The zero-order chi connectivity index (χ0) is 24.5. The summed E-state index contributed by atoms with van der Waals surface area (Å²) in [6.45, 7) is 1.33. The van der Waals surface area contributed by atoms with Crippen molar-refractivity contribution in [3.63, 3.8) is 0 Å². The first-order chi connectivity index (χ1) is 15.7. The number of carboxylic acids is 1. The highest BCUT2D eigenvalue weighted by Crippen LogP contribution is 2.29. The number of benzene rings is 2. The number of amides is 1. The number of carbonyl (C=O) groups excluding carboxylic acids is 3. The lowest BCUT2D eigenvalue weighted by Gasteiger charge is -2.19. The van der Waals surface area contributed by atoms with Crippen LogP contribution in [-0.4, -0.2) is 54.7 Å². The second-order valence-corrected chi connectivity index (χ2v) is 7.44. The van der Waals surface area contributed by atoms with Gasteiger partial charge in [0.05, 0.1) is 19.2 Å². The fourth-order valence-corrected chi connectivity index (χ4v) is 3.19. The molecule has 8 nitrogen and oxygen atoms in total. The van der Waals surface area contributed by atoms with E-state index in [1.807, 2.05) is 0 Å². The molecule has 0 radical (unpaired) electrons. The Kier molecular flexibility index (Phi) is 8.94. The molecule has 2 aromatic rings. The summed E-state index contributed by atoms with van der Waals surface area (Å²) in [5, 5.41) is 12.0. The average molecular weight is 471 g/mol. The van der Waals surface area contributed by atoms with Crippen LogP contribution in [0.15, 0.2) is 60.5 Å². The number of methoxy groups -OCH3 is 1. The van der Waals surface area contributed by atoms with Crippen molar-refractivity contribution in [3.05, 3.63) is 82.2 Å². The van der Waals surface area contributed by atoms with Crippen LogP contribution >= 0.6 is 11.6 Å². The Labute approximate surface area is 196 Å². The number of hydrogen-bond donors (Lipinski definition) is 2. The monoisotopic (exact) mass is 470 g/mol. The molecule has 9 heteroatoms. The summed E-state index contributed by atoms with van der Waals surface area (Å²) in [7, 11) is 3.04. The van der Waals surface area contributed by atoms with Gasteiger partial charge in [0, 0.05) is 35.1 Å². The smallest absolute Gasteiger partial charge is 0.335 e. The molecule has 33 heavy (non-hydrogen) atoms. The van der Waals surface area contributed by atoms with E-state index in [1.165, 1.54) is 55.5 Å². The van der Waals surface area contributed by atoms with E-state index in [9.17, 15) is 19.2 Å². The molecule has 0 bridgehead atoms. The predicted octanol–water partition coefficient (Wildman–Crippen LogP) is 3.88. The number of allylic oxidation sites excluding steroid dienone is 2. The van der Waals surface area contributed by atoms with Crippen molar-refractivity contribution in [3.8, 4) is 0 Å². The lowest BCUT2D eigenvalue weighted by atomic mass is 9.96. The summed E-state index contributed by atoms with van der Waals surface area (Å²) in [5.74, 6) is -1.39. The minimum atomic E-state index is -1.06. The number of aromatic carboxylic acids is 1. The molecule has 0 aliphatic heterocycles. The SMILES string of the molecule is COC(=C/N(C)CC(=O)Nc1ccc(C(=O)O)cc1)/C(=C\C=O)c1cc(Cl)ccc1C(C)=O. The first-order valence-electron chi connectivity index (χ1n) is 9.72. The lowest BCUT2D eigenvalue weighted by molar-refractivity contribution is -0.116. The zero-order valence-electron chi connectivity index (χ0n) is 18.3. The maximum Gasteiger partial charge on any atom is 0.335 e. The summed E-state index contributed by atoms with van der Waals surface area (Å²) in [5.41, 5.74) is 1.67. The van der Waals surface area contributed by atoms with Gasteiger partial charge in [-0.15, -0.1) is 0 Å². The summed E-state index contributed by atoms with van der Waals surface area (Å²) in [4.78, 5) is 48.3. The molecule has 0 heterocycles. The molecule has 0 aliphatic carbocycles. The van der Waals surface area contributed by atoms with Gasteiger partial charge in [0.2, 0.25) is 5.91 Å². The van der Waals surface area contributed by atoms with Gasteiger partial charge < -0.3 is 20.1 Å². The van der Waals surface area contributed by atoms with Crippen molar-refractivity contribution in [2.24, 2.45) is 0 Å². The third-order valence-electron chi connectivity index (χ3n) is 4.52. The highest BCUT2D eigenvalue weighted by atomic mass is 35.5. The van der Waals surface area contributed by atoms with E-state index in [4.69, 9.17) is 21.4 Å². The Balaban J connectivity index is 2.25. The van der Waals surface area contributed by atoms with Crippen molar-refractivity contribution in [1.29, 1.82) is 0 Å². The third kappa shape index (κ3) is 7.05. The maximum atomic E-state index is 12.4. The number of ketones is 1. The highest BCUT2D eigenvalue weighted by Gasteiger charge is 2.17. The molecule has 1 amide bonds. The molecule has 0 spiro atoms. The van der Waals surface area contributed by atoms with E-state index in [-0.39, 0.29) is 29.6 Å². The Hall–Kier alpha value is -3.91. The number of likely N-dealkylation sites (N-methyl/N-ethyl adjacent to an activating group) is 1. The number of nitrogens with one attached hydrogen (secondary N) is 1. The Morgan fingerprint density at radius 3 is 2.33 bits per heavy atom. The predicted molar refractivity (Wildman–Crippen MR) is 125 cm³/mol. The molecule has 0 saturated carbocycles. The van der Waals surface area contributed by atoms with Gasteiger partial charge >= 0.3 is 5.97 Å². The Morgan fingerprint density at radius 2 is 1.79 bits per heavy atom. The molecule has 2 rings (SSSR count). The number of halogens is 1. The largest absolute Gasteiger partial charge is 0.495 e. The van der Waals surface area contributed by atoms with Crippen molar-refractivity contribution < 1.29 is 29.0 Å². The second kappa shape index (κ2) is 11.6. The number of anilines is 1. The number of rotatable bonds is 10. The van der Waals surface area contributed by atoms with Crippen LogP contribution in [0.5, 0.6) is 0 Å². The Morgan fingerprint density at radius 1 is 1.12 bits per heavy atom. The minimum Gasteiger partial charge on any atom is -0.495 e. The second-order valence-electron chi connectivity index (χ2n) is 7.01. The van der Waals surface area contributed by atoms with E-state index < -0.39 is 5.97 Å². The molecule has 172 valence electrons. The number of hydrogen-bond acceptors (Lipinski definition) is 6. The van der Waals surface area contributed by atoms with Gasteiger partial charge in [-0.3, -0.25) is 14.4 Å². The molecular formula is C24H23ClN2O6. The molecule has 0 aliphatic rings. The van der Waals surface area contributed by atoms with Gasteiger partial charge in [-0.1, -0.05) is 11.6 Å². The normalized spacial score (nSPS) is 11.5. The van der Waals surface area contributed by atoms with Crippen molar-refractivity contribution >= 4 is 46.8 Å². The molecule has 0 saturated heterocycles. The zero-order valence-corrected chi connectivity index (χ0v) is 19.1. The van der Waals surface area contributed by atoms with Gasteiger partial charge in [0.15, 0.2) is 5.78 Å². The molecule has 0 aromatic heterocycles. The first kappa shape index (κ1) is 25.4. The number of carboxylic acid groups (broad SMARTS) is 1. The van der Waals surface area contributed by atoms with Crippen LogP contribution in [0.2, 0.25) is 5.02 Å². The standard InChI is InChI=1S/C24H23ClN2O6/c1-15(29)19-9-6-17(25)12-21(19)20(10-11-28)22(33-3)13-27(2)14-23(30)26-18-7-4-16(5-8-18)24(31)32/h4-13H,14H2,1-3H3,(H,26,30)(H,31,32)/b20-10-,22-13+.